The number of amides is 1. The molecule has 3 heterocycles. The average molecular weight is 556 g/mol. The molecule has 1 saturated heterocycles. The molecule has 1 amide bonds. The van der Waals surface area contributed by atoms with Crippen molar-refractivity contribution in [3.8, 4) is 0 Å². The highest BCUT2D eigenvalue weighted by molar-refractivity contribution is 7.89. The molecule has 11 heteroatoms. The normalized spacial score (nSPS) is 18.9. The van der Waals surface area contributed by atoms with Gasteiger partial charge >= 0.3 is 5.97 Å². The van der Waals surface area contributed by atoms with Crippen LogP contribution in [0.2, 0.25) is 0 Å². The molecule has 0 spiro atoms. The Morgan fingerprint density at radius 1 is 1.14 bits per heavy atom. The zero-order chi connectivity index (χ0) is 25.3. The van der Waals surface area contributed by atoms with Gasteiger partial charge < -0.3 is 10.1 Å². The summed E-state index contributed by atoms with van der Waals surface area (Å²) < 4.78 is 32.7. The van der Waals surface area contributed by atoms with Crippen molar-refractivity contribution in [2.24, 2.45) is 0 Å². The molecule has 8 nitrogen and oxygen atoms in total. The number of anilines is 1. The van der Waals surface area contributed by atoms with Gasteiger partial charge in [-0.25, -0.2) is 13.2 Å². The molecule has 1 atom stereocenters. The van der Waals surface area contributed by atoms with Crippen LogP contribution in [0, 0.1) is 0 Å². The molecule has 0 bridgehead atoms. The number of methoxy groups -OCH3 is 1. The number of halogens is 1. The van der Waals surface area contributed by atoms with Crippen LogP contribution in [-0.2, 0) is 27.7 Å². The molecule has 0 saturated carbocycles. The zero-order valence-corrected chi connectivity index (χ0v) is 23.5. The SMILES string of the molecule is COC(=O)c1c(NC(=O)c2ccc(S(=O)(=O)N3CCCCC3C)cc2)sc2c1CCN(C(C)C)C2.Cl. The molecule has 2 aliphatic rings. The lowest BCUT2D eigenvalue weighted by molar-refractivity contribution is 0.0600. The van der Waals surface area contributed by atoms with Crippen LogP contribution in [0.25, 0.3) is 0 Å². The minimum Gasteiger partial charge on any atom is -0.465 e. The number of nitrogens with zero attached hydrogens (tertiary/aromatic N) is 2. The van der Waals surface area contributed by atoms with Gasteiger partial charge in [0.25, 0.3) is 5.91 Å². The predicted octanol–water partition coefficient (Wildman–Crippen LogP) is 4.54. The Balaban J connectivity index is 0.00000361. The number of nitrogens with one attached hydrogen (secondary N) is 1. The molecule has 36 heavy (non-hydrogen) atoms. The molecule has 1 fully saturated rings. The molecule has 0 aliphatic carbocycles. The minimum atomic E-state index is -3.61. The molecule has 1 unspecified atom stereocenters. The first-order chi connectivity index (χ1) is 16.6. The maximum absolute atomic E-state index is 13.1. The number of carbonyl (C=O) groups is 2. The van der Waals surface area contributed by atoms with Gasteiger partial charge in [0.05, 0.1) is 17.6 Å². The van der Waals surface area contributed by atoms with E-state index in [1.165, 1.54) is 42.7 Å². The van der Waals surface area contributed by atoms with Gasteiger partial charge in [-0.1, -0.05) is 6.42 Å². The fourth-order valence-electron chi connectivity index (χ4n) is 4.79. The minimum absolute atomic E-state index is 0. The topological polar surface area (TPSA) is 96.0 Å². The van der Waals surface area contributed by atoms with Gasteiger partial charge in [-0.2, -0.15) is 4.31 Å². The number of carbonyl (C=O) groups excluding carboxylic acids is 2. The molecule has 1 aromatic heterocycles. The fraction of sp³-hybridized carbons (Fsp3) is 0.520. The first-order valence-corrected chi connectivity index (χ1v) is 14.3. The summed E-state index contributed by atoms with van der Waals surface area (Å²) in [5, 5.41) is 3.34. The summed E-state index contributed by atoms with van der Waals surface area (Å²) in [5.74, 6) is -0.863. The van der Waals surface area contributed by atoms with Crippen LogP contribution in [0.5, 0.6) is 0 Å². The van der Waals surface area contributed by atoms with Gasteiger partial charge in [0.15, 0.2) is 0 Å². The van der Waals surface area contributed by atoms with E-state index < -0.39 is 21.9 Å². The summed E-state index contributed by atoms with van der Waals surface area (Å²) in [6.45, 7) is 8.28. The zero-order valence-electron chi connectivity index (χ0n) is 21.1. The number of thiophene rings is 1. The highest BCUT2D eigenvalue weighted by Gasteiger charge is 2.32. The highest BCUT2D eigenvalue weighted by Crippen LogP contribution is 2.38. The Morgan fingerprint density at radius 3 is 2.44 bits per heavy atom. The molecule has 2 aliphatic heterocycles. The third kappa shape index (κ3) is 5.62. The summed E-state index contributed by atoms with van der Waals surface area (Å²) in [6, 6.07) is 6.34. The lowest BCUT2D eigenvalue weighted by atomic mass is 10.0. The largest absolute Gasteiger partial charge is 0.465 e. The van der Waals surface area contributed by atoms with E-state index in [2.05, 4.69) is 24.1 Å². The van der Waals surface area contributed by atoms with Crippen molar-refractivity contribution < 1.29 is 22.7 Å². The Labute approximate surface area is 223 Å². The van der Waals surface area contributed by atoms with E-state index in [1.807, 2.05) is 6.92 Å². The van der Waals surface area contributed by atoms with E-state index in [1.54, 1.807) is 4.31 Å². The van der Waals surface area contributed by atoms with Crippen LogP contribution < -0.4 is 5.32 Å². The maximum atomic E-state index is 13.1. The molecule has 198 valence electrons. The van der Waals surface area contributed by atoms with Crippen LogP contribution >= 0.6 is 23.7 Å². The smallest absolute Gasteiger partial charge is 0.341 e. The molecular formula is C25H34ClN3O5S2. The summed E-state index contributed by atoms with van der Waals surface area (Å²) in [5.41, 5.74) is 1.68. The molecule has 1 N–H and O–H groups in total. The second-order valence-electron chi connectivity index (χ2n) is 9.45. The van der Waals surface area contributed by atoms with Crippen molar-refractivity contribution in [1.82, 2.24) is 9.21 Å². The van der Waals surface area contributed by atoms with Crippen LogP contribution in [0.4, 0.5) is 5.00 Å². The van der Waals surface area contributed by atoms with Crippen molar-refractivity contribution in [2.45, 2.75) is 70.0 Å². The summed E-state index contributed by atoms with van der Waals surface area (Å²) in [4.78, 5) is 29.2. The molecular weight excluding hydrogens is 522 g/mol. The number of hydrogen-bond donors (Lipinski definition) is 1. The Hall–Kier alpha value is -1.98. The van der Waals surface area contributed by atoms with Gasteiger partial charge in [-0.3, -0.25) is 9.69 Å². The van der Waals surface area contributed by atoms with E-state index in [-0.39, 0.29) is 23.3 Å². The van der Waals surface area contributed by atoms with Crippen molar-refractivity contribution in [3.05, 3.63) is 45.8 Å². The first-order valence-electron chi connectivity index (χ1n) is 12.0. The lowest BCUT2D eigenvalue weighted by Gasteiger charge is -2.32. The molecule has 4 rings (SSSR count). The van der Waals surface area contributed by atoms with E-state index >= 15 is 0 Å². The van der Waals surface area contributed by atoms with Gasteiger partial charge in [-0.05, 0) is 69.9 Å². The molecule has 1 aromatic carbocycles. The Kier molecular flexibility index (Phi) is 9.21. The number of rotatable bonds is 6. The second-order valence-corrected chi connectivity index (χ2v) is 12.4. The van der Waals surface area contributed by atoms with E-state index in [9.17, 15) is 18.0 Å². The van der Waals surface area contributed by atoms with Crippen LogP contribution in [0.15, 0.2) is 29.2 Å². The number of fused-ring (bicyclic) bond motifs is 1. The highest BCUT2D eigenvalue weighted by atomic mass is 35.5. The second kappa shape index (κ2) is 11.6. The van der Waals surface area contributed by atoms with Crippen LogP contribution in [0.3, 0.4) is 0 Å². The monoisotopic (exact) mass is 555 g/mol. The molecule has 0 radical (unpaired) electrons. The van der Waals surface area contributed by atoms with Crippen LogP contribution in [-0.4, -0.2) is 61.8 Å². The Morgan fingerprint density at radius 2 is 1.83 bits per heavy atom. The van der Waals surface area contributed by atoms with Crippen molar-refractivity contribution in [3.63, 3.8) is 0 Å². The first kappa shape index (κ1) is 28.6. The Bertz CT molecular complexity index is 1210. The third-order valence-corrected chi connectivity index (χ3v) is 10.1. The van der Waals surface area contributed by atoms with Crippen molar-refractivity contribution in [1.29, 1.82) is 0 Å². The van der Waals surface area contributed by atoms with Gasteiger partial charge in [-0.15, -0.1) is 23.7 Å². The number of esters is 1. The average Bonchev–Trinajstić information content (AvgIpc) is 3.20. The summed E-state index contributed by atoms with van der Waals surface area (Å²) in [6.07, 6.45) is 3.45. The number of benzene rings is 1. The van der Waals surface area contributed by atoms with E-state index in [4.69, 9.17) is 4.74 Å². The van der Waals surface area contributed by atoms with Gasteiger partial charge in [0, 0.05) is 42.2 Å². The summed E-state index contributed by atoms with van der Waals surface area (Å²) >= 11 is 1.40. The molecule has 2 aromatic rings. The number of ether oxygens (including phenoxy) is 1. The van der Waals surface area contributed by atoms with Crippen LogP contribution in [0.1, 0.15) is 71.2 Å². The lowest BCUT2D eigenvalue weighted by Crippen LogP contribution is -2.41. The quantitative estimate of drug-likeness (QED) is 0.526. The number of sulfonamides is 1. The van der Waals surface area contributed by atoms with Crippen molar-refractivity contribution >= 4 is 50.6 Å². The standard InChI is InChI=1S/C25H33N3O5S2.ClH/c1-16(2)27-14-12-20-21(15-27)34-24(22(20)25(30)33-4)26-23(29)18-8-10-19(11-9-18)35(31,32)28-13-6-5-7-17(28)3;/h8-11,16-17H,5-7,12-15H2,1-4H3,(H,26,29);1H. The predicted molar refractivity (Wildman–Crippen MR) is 144 cm³/mol. The maximum Gasteiger partial charge on any atom is 0.341 e. The number of piperidine rings is 1. The third-order valence-electron chi connectivity index (χ3n) is 6.90. The van der Waals surface area contributed by atoms with E-state index in [0.717, 1.165) is 42.8 Å². The van der Waals surface area contributed by atoms with Gasteiger partial charge in [0.1, 0.15) is 5.00 Å². The summed E-state index contributed by atoms with van der Waals surface area (Å²) in [7, 11) is -2.27. The fourth-order valence-corrected chi connectivity index (χ4v) is 7.74. The van der Waals surface area contributed by atoms with Gasteiger partial charge in [0.2, 0.25) is 10.0 Å². The van der Waals surface area contributed by atoms with Crippen molar-refractivity contribution in [2.75, 3.05) is 25.5 Å². The van der Waals surface area contributed by atoms with E-state index in [0.29, 0.717) is 35.1 Å². The number of hydrogen-bond acceptors (Lipinski definition) is 7.